The summed E-state index contributed by atoms with van der Waals surface area (Å²) in [4.78, 5) is 24.1. The van der Waals surface area contributed by atoms with Gasteiger partial charge in [-0.15, -0.1) is 0 Å². The maximum absolute atomic E-state index is 12.1. The van der Waals surface area contributed by atoms with Crippen LogP contribution in [0.5, 0.6) is 0 Å². The predicted octanol–water partition coefficient (Wildman–Crippen LogP) is 2.93. The molecule has 0 saturated carbocycles. The highest BCUT2D eigenvalue weighted by atomic mass is 79.9. The lowest BCUT2D eigenvalue weighted by Gasteiger charge is -2.10. The minimum absolute atomic E-state index is 0.0805. The van der Waals surface area contributed by atoms with E-state index in [2.05, 4.69) is 26.3 Å². The number of nitrogens with zero attached hydrogens (tertiary/aromatic N) is 2. The third-order valence-corrected chi connectivity index (χ3v) is 3.67. The zero-order chi connectivity index (χ0) is 15.5. The number of nitrogens with one attached hydrogen (secondary N) is 1. The molecular formula is C16H12BrN3O2. The van der Waals surface area contributed by atoms with E-state index in [4.69, 9.17) is 0 Å². The van der Waals surface area contributed by atoms with Gasteiger partial charge in [0.15, 0.2) is 0 Å². The highest BCUT2D eigenvalue weighted by molar-refractivity contribution is 9.10. The summed E-state index contributed by atoms with van der Waals surface area (Å²) in [6.45, 7) is 0. The number of para-hydroxylation sites is 1. The van der Waals surface area contributed by atoms with Crippen molar-refractivity contribution in [2.75, 3.05) is 5.01 Å². The van der Waals surface area contributed by atoms with Crippen LogP contribution >= 0.6 is 15.9 Å². The molecule has 6 heteroatoms. The maximum atomic E-state index is 12.1. The van der Waals surface area contributed by atoms with E-state index < -0.39 is 0 Å². The van der Waals surface area contributed by atoms with Gasteiger partial charge >= 0.3 is 0 Å². The fourth-order valence-electron chi connectivity index (χ4n) is 2.07. The van der Waals surface area contributed by atoms with Gasteiger partial charge in [0.1, 0.15) is 5.84 Å². The number of amidine groups is 1. The molecule has 22 heavy (non-hydrogen) atoms. The summed E-state index contributed by atoms with van der Waals surface area (Å²) in [7, 11) is 0. The number of hydrazone groups is 1. The Labute approximate surface area is 135 Å². The summed E-state index contributed by atoms with van der Waals surface area (Å²) in [6, 6.07) is 16.1. The number of benzene rings is 2. The number of anilines is 1. The number of carbonyl (C=O) groups excluding carboxylic acids is 2. The molecule has 0 radical (unpaired) electrons. The van der Waals surface area contributed by atoms with Gasteiger partial charge in [-0.1, -0.05) is 34.1 Å². The summed E-state index contributed by atoms with van der Waals surface area (Å²) < 4.78 is 0.896. The Morgan fingerprint density at radius 1 is 1.09 bits per heavy atom. The summed E-state index contributed by atoms with van der Waals surface area (Å²) in [5, 5.41) is 8.16. The van der Waals surface area contributed by atoms with Crippen molar-refractivity contribution >= 4 is 39.3 Å². The molecule has 2 aromatic carbocycles. The van der Waals surface area contributed by atoms with Crippen LogP contribution in [0.3, 0.4) is 0 Å². The van der Waals surface area contributed by atoms with Crippen molar-refractivity contribution in [3.8, 4) is 0 Å². The van der Waals surface area contributed by atoms with Gasteiger partial charge in [0, 0.05) is 10.0 Å². The zero-order valence-corrected chi connectivity index (χ0v) is 13.1. The van der Waals surface area contributed by atoms with Gasteiger partial charge in [0.25, 0.3) is 11.8 Å². The highest BCUT2D eigenvalue weighted by Crippen LogP contribution is 2.19. The van der Waals surface area contributed by atoms with Crippen LogP contribution < -0.4 is 10.3 Å². The van der Waals surface area contributed by atoms with Gasteiger partial charge in [-0.25, -0.2) is 0 Å². The Balaban J connectivity index is 1.74. The molecule has 1 heterocycles. The number of carbonyl (C=O) groups is 2. The van der Waals surface area contributed by atoms with Crippen LogP contribution in [-0.2, 0) is 4.79 Å². The second-order valence-electron chi connectivity index (χ2n) is 4.73. The molecule has 2 amide bonds. The van der Waals surface area contributed by atoms with Gasteiger partial charge in [0.05, 0.1) is 12.1 Å². The van der Waals surface area contributed by atoms with E-state index in [9.17, 15) is 9.59 Å². The van der Waals surface area contributed by atoms with E-state index in [0.29, 0.717) is 17.1 Å². The second-order valence-corrected chi connectivity index (χ2v) is 5.64. The summed E-state index contributed by atoms with van der Waals surface area (Å²) >= 11 is 3.32. The number of rotatable bonds is 2. The smallest absolute Gasteiger partial charge is 0.256 e. The first-order valence-electron chi connectivity index (χ1n) is 6.66. The van der Waals surface area contributed by atoms with Gasteiger partial charge in [-0.2, -0.15) is 10.1 Å². The molecule has 0 aromatic heterocycles. The van der Waals surface area contributed by atoms with Gasteiger partial charge in [-0.3, -0.25) is 9.59 Å². The largest absolute Gasteiger partial charge is 0.308 e. The van der Waals surface area contributed by atoms with Crippen LogP contribution in [0.2, 0.25) is 0 Å². The fraction of sp³-hybridized carbons (Fsp3) is 0.0625. The molecular weight excluding hydrogens is 346 g/mol. The van der Waals surface area contributed by atoms with E-state index in [-0.39, 0.29) is 18.2 Å². The molecule has 2 aromatic rings. The minimum Gasteiger partial charge on any atom is -0.308 e. The third-order valence-electron chi connectivity index (χ3n) is 3.14. The monoisotopic (exact) mass is 357 g/mol. The van der Waals surface area contributed by atoms with Crippen LogP contribution in [0.1, 0.15) is 16.8 Å². The molecule has 0 fully saturated rings. The molecule has 1 N–H and O–H groups in total. The standard InChI is InChI=1S/C16H12BrN3O2/c17-12-8-6-11(7-9-12)16(22)18-14-10-15(21)20(19-14)13-4-2-1-3-5-13/h1-9H,10H2,(H,18,19,22). The first kappa shape index (κ1) is 14.5. The molecule has 0 bridgehead atoms. The van der Waals surface area contributed by atoms with E-state index in [1.54, 1.807) is 36.4 Å². The Morgan fingerprint density at radius 3 is 2.45 bits per heavy atom. The summed E-state index contributed by atoms with van der Waals surface area (Å²) in [5.74, 6) is -0.104. The van der Waals surface area contributed by atoms with Crippen molar-refractivity contribution in [2.24, 2.45) is 5.10 Å². The number of hydrogen-bond donors (Lipinski definition) is 1. The van der Waals surface area contributed by atoms with E-state index >= 15 is 0 Å². The van der Waals surface area contributed by atoms with Crippen molar-refractivity contribution in [1.82, 2.24) is 5.32 Å². The van der Waals surface area contributed by atoms with Crippen molar-refractivity contribution in [3.63, 3.8) is 0 Å². The van der Waals surface area contributed by atoms with E-state index in [1.807, 2.05) is 18.2 Å². The lowest BCUT2D eigenvalue weighted by Crippen LogP contribution is -2.29. The molecule has 0 atom stereocenters. The van der Waals surface area contributed by atoms with Crippen LogP contribution in [-0.4, -0.2) is 17.6 Å². The zero-order valence-electron chi connectivity index (χ0n) is 11.5. The first-order valence-corrected chi connectivity index (χ1v) is 7.45. The van der Waals surface area contributed by atoms with Crippen molar-refractivity contribution < 1.29 is 9.59 Å². The molecule has 110 valence electrons. The highest BCUT2D eigenvalue weighted by Gasteiger charge is 2.26. The Kier molecular flexibility index (Phi) is 4.02. The molecule has 0 saturated heterocycles. The molecule has 0 aliphatic carbocycles. The Morgan fingerprint density at radius 2 is 1.77 bits per heavy atom. The summed E-state index contributed by atoms with van der Waals surface area (Å²) in [6.07, 6.45) is 0.0805. The van der Waals surface area contributed by atoms with Crippen LogP contribution in [0.25, 0.3) is 0 Å². The Hall–Kier alpha value is -2.47. The molecule has 0 unspecified atom stereocenters. The van der Waals surface area contributed by atoms with Crippen LogP contribution in [0, 0.1) is 0 Å². The predicted molar refractivity (Wildman–Crippen MR) is 87.6 cm³/mol. The first-order chi connectivity index (χ1) is 10.6. The maximum Gasteiger partial charge on any atom is 0.256 e. The van der Waals surface area contributed by atoms with Crippen LogP contribution in [0.15, 0.2) is 64.2 Å². The minimum atomic E-state index is -0.283. The van der Waals surface area contributed by atoms with Crippen molar-refractivity contribution in [1.29, 1.82) is 0 Å². The fourth-order valence-corrected chi connectivity index (χ4v) is 2.34. The van der Waals surface area contributed by atoms with Gasteiger partial charge in [0.2, 0.25) is 0 Å². The lowest BCUT2D eigenvalue weighted by atomic mass is 10.2. The second kappa shape index (κ2) is 6.11. The van der Waals surface area contributed by atoms with Crippen molar-refractivity contribution in [3.05, 3.63) is 64.6 Å². The molecule has 1 aliphatic heterocycles. The molecule has 3 rings (SSSR count). The number of halogens is 1. The lowest BCUT2D eigenvalue weighted by molar-refractivity contribution is -0.116. The van der Waals surface area contributed by atoms with Crippen LogP contribution in [0.4, 0.5) is 5.69 Å². The SMILES string of the molecule is O=C(NC1=NN(c2ccccc2)C(=O)C1)c1ccc(Br)cc1. The quantitative estimate of drug-likeness (QED) is 0.897. The average molecular weight is 358 g/mol. The Bertz CT molecular complexity index is 742. The third kappa shape index (κ3) is 3.07. The van der Waals surface area contributed by atoms with Gasteiger partial charge in [-0.05, 0) is 36.4 Å². The van der Waals surface area contributed by atoms with Gasteiger partial charge < -0.3 is 5.32 Å². The molecule has 5 nitrogen and oxygen atoms in total. The molecule has 1 aliphatic rings. The average Bonchev–Trinajstić information content (AvgIpc) is 2.89. The van der Waals surface area contributed by atoms with E-state index in [0.717, 1.165) is 4.47 Å². The molecule has 0 spiro atoms. The topological polar surface area (TPSA) is 61.8 Å². The normalized spacial score (nSPS) is 14.0. The number of amides is 2. The van der Waals surface area contributed by atoms with Crippen molar-refractivity contribution in [2.45, 2.75) is 6.42 Å². The van der Waals surface area contributed by atoms with E-state index in [1.165, 1.54) is 5.01 Å². The number of hydrogen-bond acceptors (Lipinski definition) is 3. The summed E-state index contributed by atoms with van der Waals surface area (Å²) in [5.41, 5.74) is 1.19.